The van der Waals surface area contributed by atoms with E-state index in [1.165, 1.54) is 18.7 Å². The molecule has 1 aromatic carbocycles. The van der Waals surface area contributed by atoms with Crippen LogP contribution in [0.1, 0.15) is 43.1 Å². The highest BCUT2D eigenvalue weighted by Crippen LogP contribution is 2.24. The molecule has 0 atom stereocenters. The van der Waals surface area contributed by atoms with E-state index in [1.807, 2.05) is 18.3 Å². The number of benzene rings is 1. The maximum atomic E-state index is 11.5. The smallest absolute Gasteiger partial charge is 0.274 e. The van der Waals surface area contributed by atoms with Gasteiger partial charge in [0.2, 0.25) is 0 Å². The van der Waals surface area contributed by atoms with Crippen molar-refractivity contribution in [3.05, 3.63) is 59.9 Å². The van der Waals surface area contributed by atoms with Crippen LogP contribution in [-0.2, 0) is 6.54 Å². The molecule has 1 aliphatic heterocycles. The fourth-order valence-electron chi connectivity index (χ4n) is 4.11. The Kier molecular flexibility index (Phi) is 6.48. The predicted molar refractivity (Wildman–Crippen MR) is 127 cm³/mol. The van der Waals surface area contributed by atoms with Crippen molar-refractivity contribution in [3.63, 3.8) is 0 Å². The zero-order valence-electron chi connectivity index (χ0n) is 19.2. The summed E-state index contributed by atoms with van der Waals surface area (Å²) in [5, 5.41) is 9.88. The number of aromatic nitrogens is 2. The maximum absolute atomic E-state index is 11.5. The van der Waals surface area contributed by atoms with Gasteiger partial charge in [-0.05, 0) is 48.2 Å². The van der Waals surface area contributed by atoms with E-state index in [0.717, 1.165) is 42.8 Å². The molecule has 0 radical (unpaired) electrons. The van der Waals surface area contributed by atoms with Gasteiger partial charge in [0, 0.05) is 49.9 Å². The first-order valence-electron chi connectivity index (χ1n) is 11.3. The fraction of sp³-hybridized carbons (Fsp3) is 0.440. The SMILES string of the molecule is CC(C)(C)CCN1CCN(c2cnc3c(ccn3Cc3ccc(C(=O)NO)cc3)c2)CC1. The van der Waals surface area contributed by atoms with Crippen LogP contribution in [0.3, 0.4) is 0 Å². The molecule has 0 bridgehead atoms. The van der Waals surface area contributed by atoms with Gasteiger partial charge in [-0.1, -0.05) is 32.9 Å². The first kappa shape index (κ1) is 22.3. The Morgan fingerprint density at radius 1 is 1.09 bits per heavy atom. The molecule has 0 unspecified atom stereocenters. The Bertz CT molecular complexity index is 1060. The van der Waals surface area contributed by atoms with E-state index in [0.29, 0.717) is 17.5 Å². The molecule has 3 heterocycles. The Hall–Kier alpha value is -2.90. The van der Waals surface area contributed by atoms with Crippen molar-refractivity contribution in [1.29, 1.82) is 0 Å². The molecule has 1 saturated heterocycles. The lowest BCUT2D eigenvalue weighted by Gasteiger charge is -2.37. The summed E-state index contributed by atoms with van der Waals surface area (Å²) in [7, 11) is 0. The van der Waals surface area contributed by atoms with Crippen molar-refractivity contribution in [1.82, 2.24) is 19.9 Å². The number of anilines is 1. The number of nitrogens with zero attached hydrogens (tertiary/aromatic N) is 4. The van der Waals surface area contributed by atoms with Crippen LogP contribution in [0, 0.1) is 5.41 Å². The summed E-state index contributed by atoms with van der Waals surface area (Å²) < 4.78 is 2.12. The van der Waals surface area contributed by atoms with Crippen molar-refractivity contribution in [2.24, 2.45) is 5.41 Å². The van der Waals surface area contributed by atoms with Crippen molar-refractivity contribution < 1.29 is 10.0 Å². The van der Waals surface area contributed by atoms with Gasteiger partial charge in [0.25, 0.3) is 5.91 Å². The first-order valence-corrected chi connectivity index (χ1v) is 11.3. The van der Waals surface area contributed by atoms with E-state index < -0.39 is 5.91 Å². The van der Waals surface area contributed by atoms with E-state index in [2.05, 4.69) is 53.5 Å². The summed E-state index contributed by atoms with van der Waals surface area (Å²) in [5.41, 5.74) is 5.67. The zero-order chi connectivity index (χ0) is 22.7. The monoisotopic (exact) mass is 435 g/mol. The van der Waals surface area contributed by atoms with Crippen LogP contribution in [0.25, 0.3) is 11.0 Å². The second-order valence-corrected chi connectivity index (χ2v) is 9.83. The van der Waals surface area contributed by atoms with E-state index in [1.54, 1.807) is 17.6 Å². The first-order chi connectivity index (χ1) is 15.3. The lowest BCUT2D eigenvalue weighted by atomic mass is 9.92. The third-order valence-electron chi connectivity index (χ3n) is 6.17. The van der Waals surface area contributed by atoms with Crippen LogP contribution >= 0.6 is 0 Å². The molecule has 0 spiro atoms. The maximum Gasteiger partial charge on any atom is 0.274 e. The highest BCUT2D eigenvalue weighted by molar-refractivity contribution is 5.93. The van der Waals surface area contributed by atoms with E-state index in [9.17, 15) is 4.79 Å². The van der Waals surface area contributed by atoms with Crippen LogP contribution in [-0.4, -0.2) is 58.3 Å². The molecule has 3 aromatic rings. The Balaban J connectivity index is 1.39. The number of hydroxylamine groups is 1. The van der Waals surface area contributed by atoms with E-state index >= 15 is 0 Å². The number of hydrogen-bond acceptors (Lipinski definition) is 5. The topological polar surface area (TPSA) is 73.6 Å². The minimum Gasteiger partial charge on any atom is -0.368 e. The van der Waals surface area contributed by atoms with Crippen LogP contribution < -0.4 is 10.4 Å². The third-order valence-corrected chi connectivity index (χ3v) is 6.17. The number of carbonyl (C=O) groups is 1. The Morgan fingerprint density at radius 2 is 1.81 bits per heavy atom. The number of fused-ring (bicyclic) bond motifs is 1. The number of rotatable bonds is 6. The molecule has 0 aliphatic carbocycles. The number of hydrogen-bond donors (Lipinski definition) is 2. The fourth-order valence-corrected chi connectivity index (χ4v) is 4.11. The average Bonchev–Trinajstić information content (AvgIpc) is 3.19. The molecule has 7 nitrogen and oxygen atoms in total. The van der Waals surface area contributed by atoms with Crippen molar-refractivity contribution in [2.75, 3.05) is 37.6 Å². The number of amides is 1. The van der Waals surface area contributed by atoms with Crippen LogP contribution in [0.4, 0.5) is 5.69 Å². The second-order valence-electron chi connectivity index (χ2n) is 9.83. The van der Waals surface area contributed by atoms with Gasteiger partial charge in [0.05, 0.1) is 11.9 Å². The van der Waals surface area contributed by atoms with Crippen LogP contribution in [0.5, 0.6) is 0 Å². The van der Waals surface area contributed by atoms with Crippen molar-refractivity contribution in [2.45, 2.75) is 33.7 Å². The molecule has 2 aromatic heterocycles. The molecule has 32 heavy (non-hydrogen) atoms. The van der Waals surface area contributed by atoms with Gasteiger partial charge in [0.1, 0.15) is 5.65 Å². The molecule has 2 N–H and O–H groups in total. The summed E-state index contributed by atoms with van der Waals surface area (Å²) >= 11 is 0. The molecule has 170 valence electrons. The van der Waals surface area contributed by atoms with Gasteiger partial charge < -0.3 is 9.47 Å². The number of piperazine rings is 1. The molecule has 1 aliphatic rings. The number of nitrogens with one attached hydrogen (secondary N) is 1. The number of carbonyl (C=O) groups excluding carboxylic acids is 1. The van der Waals surface area contributed by atoms with Gasteiger partial charge in [-0.3, -0.25) is 14.9 Å². The summed E-state index contributed by atoms with van der Waals surface area (Å²) in [5.74, 6) is -0.507. The summed E-state index contributed by atoms with van der Waals surface area (Å²) in [6.45, 7) is 13.0. The summed E-state index contributed by atoms with van der Waals surface area (Å²) in [4.78, 5) is 21.3. The lowest BCUT2D eigenvalue weighted by Crippen LogP contribution is -2.47. The third kappa shape index (κ3) is 5.29. The van der Waals surface area contributed by atoms with Crippen LogP contribution in [0.2, 0.25) is 0 Å². The summed E-state index contributed by atoms with van der Waals surface area (Å²) in [6.07, 6.45) is 5.27. The molecular weight excluding hydrogens is 402 g/mol. The molecule has 1 fully saturated rings. The normalized spacial score (nSPS) is 15.3. The minimum atomic E-state index is -0.507. The second kappa shape index (κ2) is 9.30. The Morgan fingerprint density at radius 3 is 2.47 bits per heavy atom. The predicted octanol–water partition coefficient (Wildman–Crippen LogP) is 3.76. The quantitative estimate of drug-likeness (QED) is 0.456. The Labute approximate surface area is 189 Å². The van der Waals surface area contributed by atoms with Gasteiger partial charge in [-0.25, -0.2) is 10.5 Å². The van der Waals surface area contributed by atoms with Gasteiger partial charge >= 0.3 is 0 Å². The minimum absolute atomic E-state index is 0.384. The number of pyridine rings is 1. The highest BCUT2D eigenvalue weighted by atomic mass is 16.5. The molecule has 7 heteroatoms. The summed E-state index contributed by atoms with van der Waals surface area (Å²) in [6, 6.07) is 11.5. The average molecular weight is 436 g/mol. The molecule has 0 saturated carbocycles. The van der Waals surface area contributed by atoms with E-state index in [-0.39, 0.29) is 0 Å². The molecular formula is C25H33N5O2. The molecule has 4 rings (SSSR count). The van der Waals surface area contributed by atoms with Gasteiger partial charge in [-0.2, -0.15) is 0 Å². The van der Waals surface area contributed by atoms with E-state index in [4.69, 9.17) is 10.2 Å². The zero-order valence-corrected chi connectivity index (χ0v) is 19.2. The lowest BCUT2D eigenvalue weighted by molar-refractivity contribution is 0.0706. The van der Waals surface area contributed by atoms with Crippen molar-refractivity contribution in [3.8, 4) is 0 Å². The standard InChI is InChI=1S/C25H33N5O2/c1-25(2,3)9-11-28-12-14-29(15-13-28)22-16-21-8-10-30(23(21)26-17-22)18-19-4-6-20(7-5-19)24(31)27-32/h4-8,10,16-17,32H,9,11-15,18H2,1-3H3,(H,27,31). The largest absolute Gasteiger partial charge is 0.368 e. The van der Waals surface area contributed by atoms with Crippen molar-refractivity contribution >= 4 is 22.6 Å². The van der Waals surface area contributed by atoms with Gasteiger partial charge in [0.15, 0.2) is 0 Å². The highest BCUT2D eigenvalue weighted by Gasteiger charge is 2.20. The molecule has 1 amide bonds. The van der Waals surface area contributed by atoms with Crippen LogP contribution in [0.15, 0.2) is 48.8 Å². The van der Waals surface area contributed by atoms with Gasteiger partial charge in [-0.15, -0.1) is 0 Å².